The van der Waals surface area contributed by atoms with Crippen LogP contribution in [-0.4, -0.2) is 12.2 Å². The lowest BCUT2D eigenvalue weighted by Crippen LogP contribution is -1.96. The molecular formula is C11H13NO2. The SMILES string of the molecule is CCC(=O)ON=Cc1ccc(C)cc1. The summed E-state index contributed by atoms with van der Waals surface area (Å²) in [6.45, 7) is 3.74. The zero-order valence-corrected chi connectivity index (χ0v) is 8.36. The summed E-state index contributed by atoms with van der Waals surface area (Å²) in [5.74, 6) is -0.326. The second-order valence-electron chi connectivity index (χ2n) is 2.96. The third kappa shape index (κ3) is 3.39. The van der Waals surface area contributed by atoms with E-state index in [0.29, 0.717) is 6.42 Å². The molecule has 0 radical (unpaired) electrons. The third-order valence-electron chi connectivity index (χ3n) is 1.72. The molecule has 0 atom stereocenters. The van der Waals surface area contributed by atoms with Gasteiger partial charge in [0.15, 0.2) is 0 Å². The Kier molecular flexibility index (Phi) is 3.85. The number of carbonyl (C=O) groups excluding carboxylic acids is 1. The number of nitrogens with zero attached hydrogens (tertiary/aromatic N) is 1. The zero-order chi connectivity index (χ0) is 10.4. The van der Waals surface area contributed by atoms with Crippen LogP contribution in [0.25, 0.3) is 0 Å². The molecule has 1 aromatic carbocycles. The first-order valence-corrected chi connectivity index (χ1v) is 4.52. The van der Waals surface area contributed by atoms with Gasteiger partial charge < -0.3 is 4.84 Å². The number of hydrogen-bond donors (Lipinski definition) is 0. The summed E-state index contributed by atoms with van der Waals surface area (Å²) in [7, 11) is 0. The van der Waals surface area contributed by atoms with Crippen LogP contribution in [0.2, 0.25) is 0 Å². The van der Waals surface area contributed by atoms with Crippen molar-refractivity contribution in [3.05, 3.63) is 35.4 Å². The molecule has 1 rings (SSSR count). The molecule has 0 heterocycles. The Hall–Kier alpha value is -1.64. The summed E-state index contributed by atoms with van der Waals surface area (Å²) in [6, 6.07) is 7.78. The van der Waals surface area contributed by atoms with E-state index in [2.05, 4.69) is 9.99 Å². The Bertz CT molecular complexity index is 328. The molecule has 3 heteroatoms. The Labute approximate surface area is 83.4 Å². The number of oxime groups is 1. The highest BCUT2D eigenvalue weighted by Gasteiger charge is 1.94. The fraction of sp³-hybridized carbons (Fsp3) is 0.273. The molecule has 0 saturated heterocycles. The molecule has 0 aromatic heterocycles. The molecule has 74 valence electrons. The molecule has 0 saturated carbocycles. The highest BCUT2D eigenvalue weighted by Crippen LogP contribution is 2.00. The molecule has 0 amide bonds. The maximum Gasteiger partial charge on any atom is 0.334 e. The van der Waals surface area contributed by atoms with E-state index < -0.39 is 0 Å². The lowest BCUT2D eigenvalue weighted by atomic mass is 10.2. The van der Waals surface area contributed by atoms with Gasteiger partial charge in [0.25, 0.3) is 0 Å². The Morgan fingerprint density at radius 1 is 1.43 bits per heavy atom. The zero-order valence-electron chi connectivity index (χ0n) is 8.36. The van der Waals surface area contributed by atoms with E-state index in [1.807, 2.05) is 31.2 Å². The van der Waals surface area contributed by atoms with Gasteiger partial charge in [-0.3, -0.25) is 0 Å². The van der Waals surface area contributed by atoms with Crippen molar-refractivity contribution in [3.63, 3.8) is 0 Å². The minimum absolute atomic E-state index is 0.326. The van der Waals surface area contributed by atoms with Crippen LogP contribution >= 0.6 is 0 Å². The predicted molar refractivity (Wildman–Crippen MR) is 55.2 cm³/mol. The van der Waals surface area contributed by atoms with Crippen LogP contribution in [0.5, 0.6) is 0 Å². The first-order chi connectivity index (χ1) is 6.72. The molecule has 1 aromatic rings. The first kappa shape index (κ1) is 10.4. The molecule has 0 bridgehead atoms. The molecule has 0 spiro atoms. The van der Waals surface area contributed by atoms with E-state index >= 15 is 0 Å². The van der Waals surface area contributed by atoms with Crippen LogP contribution in [0.4, 0.5) is 0 Å². The normalized spacial score (nSPS) is 10.4. The van der Waals surface area contributed by atoms with Crippen molar-refractivity contribution >= 4 is 12.2 Å². The van der Waals surface area contributed by atoms with Gasteiger partial charge in [0, 0.05) is 6.42 Å². The maximum atomic E-state index is 10.7. The number of rotatable bonds is 3. The smallest absolute Gasteiger partial charge is 0.318 e. The molecular weight excluding hydrogens is 178 g/mol. The second-order valence-corrected chi connectivity index (χ2v) is 2.96. The van der Waals surface area contributed by atoms with E-state index in [9.17, 15) is 4.79 Å². The Morgan fingerprint density at radius 3 is 2.64 bits per heavy atom. The van der Waals surface area contributed by atoms with E-state index in [0.717, 1.165) is 5.56 Å². The van der Waals surface area contributed by atoms with Crippen molar-refractivity contribution in [2.45, 2.75) is 20.3 Å². The average molecular weight is 191 g/mol. The molecule has 0 aliphatic rings. The van der Waals surface area contributed by atoms with Crippen molar-refractivity contribution in [2.75, 3.05) is 0 Å². The second kappa shape index (κ2) is 5.17. The lowest BCUT2D eigenvalue weighted by molar-refractivity contribution is -0.143. The summed E-state index contributed by atoms with van der Waals surface area (Å²) >= 11 is 0. The Balaban J connectivity index is 2.52. The van der Waals surface area contributed by atoms with Gasteiger partial charge in [0.2, 0.25) is 0 Å². The van der Waals surface area contributed by atoms with Crippen LogP contribution in [0, 0.1) is 6.92 Å². The summed E-state index contributed by atoms with van der Waals surface area (Å²) in [6.07, 6.45) is 1.86. The number of carbonyl (C=O) groups is 1. The largest absolute Gasteiger partial charge is 0.334 e. The molecule has 0 fully saturated rings. The quantitative estimate of drug-likeness (QED) is 0.417. The van der Waals surface area contributed by atoms with Gasteiger partial charge in [0.1, 0.15) is 0 Å². The van der Waals surface area contributed by atoms with Gasteiger partial charge in [-0.2, -0.15) is 0 Å². The van der Waals surface area contributed by atoms with Gasteiger partial charge >= 0.3 is 5.97 Å². The highest BCUT2D eigenvalue weighted by molar-refractivity contribution is 5.80. The number of aryl methyl sites for hydroxylation is 1. The van der Waals surface area contributed by atoms with Crippen molar-refractivity contribution in [2.24, 2.45) is 5.16 Å². The summed E-state index contributed by atoms with van der Waals surface area (Å²) in [5, 5.41) is 3.57. The predicted octanol–water partition coefficient (Wildman–Crippen LogP) is 2.28. The molecule has 0 unspecified atom stereocenters. The monoisotopic (exact) mass is 191 g/mol. The van der Waals surface area contributed by atoms with Crippen molar-refractivity contribution < 1.29 is 9.63 Å². The van der Waals surface area contributed by atoms with Crippen molar-refractivity contribution in [1.82, 2.24) is 0 Å². The molecule has 0 aliphatic carbocycles. The van der Waals surface area contributed by atoms with E-state index in [4.69, 9.17) is 0 Å². The maximum absolute atomic E-state index is 10.7. The molecule has 0 aliphatic heterocycles. The summed E-state index contributed by atoms with van der Waals surface area (Å²) < 4.78 is 0. The van der Waals surface area contributed by atoms with E-state index in [1.165, 1.54) is 11.8 Å². The topological polar surface area (TPSA) is 38.7 Å². The molecule has 3 nitrogen and oxygen atoms in total. The van der Waals surface area contributed by atoms with Gasteiger partial charge in [-0.05, 0) is 12.5 Å². The van der Waals surface area contributed by atoms with Crippen LogP contribution in [0.1, 0.15) is 24.5 Å². The minimum Gasteiger partial charge on any atom is -0.318 e. The van der Waals surface area contributed by atoms with Gasteiger partial charge in [-0.25, -0.2) is 4.79 Å². The van der Waals surface area contributed by atoms with Crippen molar-refractivity contribution in [1.29, 1.82) is 0 Å². The summed E-state index contributed by atoms with van der Waals surface area (Å²) in [5.41, 5.74) is 2.10. The van der Waals surface area contributed by atoms with Crippen LogP contribution in [-0.2, 0) is 9.63 Å². The molecule has 14 heavy (non-hydrogen) atoms. The fourth-order valence-electron chi connectivity index (χ4n) is 0.863. The van der Waals surface area contributed by atoms with E-state index in [1.54, 1.807) is 6.92 Å². The van der Waals surface area contributed by atoms with Gasteiger partial charge in [-0.1, -0.05) is 41.9 Å². The molecule has 0 N–H and O–H groups in total. The highest BCUT2D eigenvalue weighted by atomic mass is 16.7. The van der Waals surface area contributed by atoms with Crippen LogP contribution < -0.4 is 0 Å². The fourth-order valence-corrected chi connectivity index (χ4v) is 0.863. The standard InChI is InChI=1S/C11H13NO2/c1-3-11(13)14-12-8-10-6-4-9(2)5-7-10/h4-8H,3H2,1-2H3. The van der Waals surface area contributed by atoms with Gasteiger partial charge in [0.05, 0.1) is 6.21 Å². The first-order valence-electron chi connectivity index (χ1n) is 4.52. The Morgan fingerprint density at radius 2 is 2.07 bits per heavy atom. The third-order valence-corrected chi connectivity index (χ3v) is 1.72. The number of hydrogen-bond acceptors (Lipinski definition) is 3. The average Bonchev–Trinajstić information content (AvgIpc) is 2.21. The number of benzene rings is 1. The lowest BCUT2D eigenvalue weighted by Gasteiger charge is -1.94. The van der Waals surface area contributed by atoms with Crippen molar-refractivity contribution in [3.8, 4) is 0 Å². The minimum atomic E-state index is -0.326. The van der Waals surface area contributed by atoms with Crippen LogP contribution in [0.15, 0.2) is 29.4 Å². The van der Waals surface area contributed by atoms with Gasteiger partial charge in [-0.15, -0.1) is 0 Å². The van der Waals surface area contributed by atoms with E-state index in [-0.39, 0.29) is 5.97 Å². The van der Waals surface area contributed by atoms with Crippen LogP contribution in [0.3, 0.4) is 0 Å². The summed E-state index contributed by atoms with van der Waals surface area (Å²) in [4.78, 5) is 15.3.